The molecule has 5 heteroatoms. The van der Waals surface area contributed by atoms with E-state index in [1.807, 2.05) is 0 Å². The van der Waals surface area contributed by atoms with Gasteiger partial charge in [0.15, 0.2) is 0 Å². The number of unbranched alkanes of at least 4 members (excludes halogenated alkanes) is 7. The van der Waals surface area contributed by atoms with Crippen molar-refractivity contribution in [1.29, 1.82) is 0 Å². The number of hydrogen-bond acceptors (Lipinski definition) is 5. The maximum atomic E-state index is 10.8. The predicted molar refractivity (Wildman–Crippen MR) is 98.0 cm³/mol. The third-order valence-corrected chi connectivity index (χ3v) is 4.49. The first-order valence-corrected chi connectivity index (χ1v) is 10.2. The summed E-state index contributed by atoms with van der Waals surface area (Å²) in [5.41, 5.74) is 0. The quantitative estimate of drug-likeness (QED) is 0.376. The van der Waals surface area contributed by atoms with Crippen LogP contribution in [0.25, 0.3) is 0 Å². The number of ether oxygens (including phenoxy) is 2. The highest BCUT2D eigenvalue weighted by Crippen LogP contribution is 2.06. The van der Waals surface area contributed by atoms with E-state index in [-0.39, 0.29) is 11.7 Å². The van der Waals surface area contributed by atoms with Crippen molar-refractivity contribution in [1.82, 2.24) is 0 Å². The molecule has 0 atom stereocenters. The van der Waals surface area contributed by atoms with Gasteiger partial charge in [0.05, 0.1) is 0 Å². The van der Waals surface area contributed by atoms with Crippen molar-refractivity contribution < 1.29 is 19.4 Å². The van der Waals surface area contributed by atoms with Crippen LogP contribution in [0.3, 0.4) is 0 Å². The molecule has 0 rings (SSSR count). The zero-order valence-electron chi connectivity index (χ0n) is 14.9. The summed E-state index contributed by atoms with van der Waals surface area (Å²) in [6.07, 6.45) is 11.8. The summed E-state index contributed by atoms with van der Waals surface area (Å²) < 4.78 is 11.2. The monoisotopic (exact) mass is 348 g/mol. The van der Waals surface area contributed by atoms with Gasteiger partial charge in [-0.05, 0) is 38.5 Å². The normalized spacial score (nSPS) is 11.0. The number of rotatable bonds is 18. The van der Waals surface area contributed by atoms with E-state index in [9.17, 15) is 4.79 Å². The lowest BCUT2D eigenvalue weighted by atomic mass is 10.2. The van der Waals surface area contributed by atoms with Gasteiger partial charge in [-0.1, -0.05) is 44.4 Å². The zero-order valence-corrected chi connectivity index (χ0v) is 15.7. The van der Waals surface area contributed by atoms with Gasteiger partial charge in [-0.15, -0.1) is 0 Å². The number of aliphatic hydroxyl groups is 1. The van der Waals surface area contributed by atoms with Crippen molar-refractivity contribution >= 4 is 16.9 Å². The van der Waals surface area contributed by atoms with Gasteiger partial charge < -0.3 is 14.6 Å². The molecule has 0 radical (unpaired) electrons. The molecule has 1 N–H and O–H groups in total. The smallest absolute Gasteiger partial charge is 0.214 e. The Morgan fingerprint density at radius 3 is 1.78 bits per heavy atom. The van der Waals surface area contributed by atoms with E-state index in [4.69, 9.17) is 14.6 Å². The topological polar surface area (TPSA) is 55.8 Å². The van der Waals surface area contributed by atoms with Crippen LogP contribution in [0, 0.1) is 0 Å². The molecule has 138 valence electrons. The molecule has 23 heavy (non-hydrogen) atoms. The Labute approximate surface area is 146 Å². The Balaban J connectivity index is 2.99. The van der Waals surface area contributed by atoms with E-state index in [0.29, 0.717) is 0 Å². The van der Waals surface area contributed by atoms with Crippen LogP contribution in [0.5, 0.6) is 0 Å². The maximum absolute atomic E-state index is 10.8. The summed E-state index contributed by atoms with van der Waals surface area (Å²) in [5.74, 6) is 0.776. The number of carbonyl (C=O) groups is 1. The summed E-state index contributed by atoms with van der Waals surface area (Å²) in [4.78, 5) is 10.8. The van der Waals surface area contributed by atoms with E-state index >= 15 is 0 Å². The van der Waals surface area contributed by atoms with Crippen molar-refractivity contribution in [2.24, 2.45) is 0 Å². The molecule has 0 aromatic heterocycles. The fraction of sp³-hybridized carbons (Fsp3) is 0.944. The standard InChI is InChI=1S/C18H36O4S/c1-2-3-4-5-7-12-21-13-8-6-9-14-22-15-10-11-16-23-18(20)17-19/h19H,2-17H2,1H3. The molecule has 0 aliphatic rings. The Kier molecular flexibility index (Phi) is 19.9. The van der Waals surface area contributed by atoms with Crippen LogP contribution in [-0.2, 0) is 14.3 Å². The predicted octanol–water partition coefficient (Wildman–Crippen LogP) is 4.19. The van der Waals surface area contributed by atoms with Crippen molar-refractivity contribution in [2.45, 2.75) is 71.1 Å². The van der Waals surface area contributed by atoms with E-state index in [1.54, 1.807) is 0 Å². The molecule has 0 aromatic carbocycles. The minimum Gasteiger partial charge on any atom is -0.388 e. The third kappa shape index (κ3) is 19.9. The number of carbonyl (C=O) groups excluding carboxylic acids is 1. The van der Waals surface area contributed by atoms with Gasteiger partial charge >= 0.3 is 0 Å². The summed E-state index contributed by atoms with van der Waals surface area (Å²) in [6, 6.07) is 0. The van der Waals surface area contributed by atoms with Crippen LogP contribution < -0.4 is 0 Å². The van der Waals surface area contributed by atoms with E-state index < -0.39 is 0 Å². The van der Waals surface area contributed by atoms with E-state index in [2.05, 4.69) is 6.92 Å². The second-order valence-corrected chi connectivity index (χ2v) is 6.94. The van der Waals surface area contributed by atoms with Crippen LogP contribution in [0.2, 0.25) is 0 Å². The van der Waals surface area contributed by atoms with Gasteiger partial charge in [0.25, 0.3) is 0 Å². The average Bonchev–Trinajstić information content (AvgIpc) is 2.57. The summed E-state index contributed by atoms with van der Waals surface area (Å²) in [5, 5.41) is 8.42. The van der Waals surface area contributed by atoms with Gasteiger partial charge in [-0.2, -0.15) is 0 Å². The van der Waals surface area contributed by atoms with Crippen LogP contribution in [0.1, 0.15) is 71.1 Å². The number of hydrogen-bond donors (Lipinski definition) is 1. The first-order valence-electron chi connectivity index (χ1n) is 9.23. The fourth-order valence-corrected chi connectivity index (χ4v) is 2.80. The van der Waals surface area contributed by atoms with E-state index in [1.165, 1.54) is 43.9 Å². The second kappa shape index (κ2) is 19.9. The van der Waals surface area contributed by atoms with Crippen molar-refractivity contribution in [2.75, 3.05) is 38.8 Å². The lowest BCUT2D eigenvalue weighted by molar-refractivity contribution is -0.113. The molecular formula is C18H36O4S. The SMILES string of the molecule is CCCCCCCOCCCCCOCCCCSC(=O)CO. The summed E-state index contributed by atoms with van der Waals surface area (Å²) >= 11 is 1.20. The summed E-state index contributed by atoms with van der Waals surface area (Å²) in [6.45, 7) is 5.26. The lowest BCUT2D eigenvalue weighted by Gasteiger charge is -2.05. The second-order valence-electron chi connectivity index (χ2n) is 5.79. The minimum absolute atomic E-state index is 0.144. The molecule has 0 aliphatic carbocycles. The molecule has 0 unspecified atom stereocenters. The van der Waals surface area contributed by atoms with Crippen molar-refractivity contribution in [3.63, 3.8) is 0 Å². The highest BCUT2D eigenvalue weighted by molar-refractivity contribution is 8.13. The number of thioether (sulfide) groups is 1. The van der Waals surface area contributed by atoms with Crippen LogP contribution in [0.15, 0.2) is 0 Å². The fourth-order valence-electron chi connectivity index (χ4n) is 2.13. The molecule has 0 fully saturated rings. The molecule has 0 heterocycles. The number of aliphatic hydroxyl groups excluding tert-OH is 1. The molecule has 0 bridgehead atoms. The van der Waals surface area contributed by atoms with Gasteiger partial charge in [0.1, 0.15) is 6.61 Å². The summed E-state index contributed by atoms with van der Waals surface area (Å²) in [7, 11) is 0. The Morgan fingerprint density at radius 2 is 1.26 bits per heavy atom. The first kappa shape index (κ1) is 22.9. The molecule has 0 aromatic rings. The molecule has 0 aliphatic heterocycles. The minimum atomic E-state index is -0.357. The Morgan fingerprint density at radius 1 is 0.783 bits per heavy atom. The average molecular weight is 349 g/mol. The molecule has 0 saturated carbocycles. The molecule has 0 spiro atoms. The van der Waals surface area contributed by atoms with Gasteiger partial charge in [-0.3, -0.25) is 4.79 Å². The molecule has 0 amide bonds. The van der Waals surface area contributed by atoms with E-state index in [0.717, 1.165) is 64.3 Å². The Hall–Kier alpha value is -0.100. The highest BCUT2D eigenvalue weighted by Gasteiger charge is 1.99. The zero-order chi connectivity index (χ0) is 17.0. The van der Waals surface area contributed by atoms with Gasteiger partial charge in [0.2, 0.25) is 5.12 Å². The lowest BCUT2D eigenvalue weighted by Crippen LogP contribution is -2.01. The van der Waals surface area contributed by atoms with Crippen LogP contribution in [0.4, 0.5) is 0 Å². The Bertz CT molecular complexity index is 249. The molecule has 4 nitrogen and oxygen atoms in total. The first-order chi connectivity index (χ1) is 11.3. The van der Waals surface area contributed by atoms with Crippen LogP contribution in [-0.4, -0.2) is 49.0 Å². The van der Waals surface area contributed by atoms with Crippen LogP contribution >= 0.6 is 11.8 Å². The van der Waals surface area contributed by atoms with Crippen molar-refractivity contribution in [3.8, 4) is 0 Å². The maximum Gasteiger partial charge on any atom is 0.214 e. The van der Waals surface area contributed by atoms with Gasteiger partial charge in [0, 0.05) is 32.2 Å². The third-order valence-electron chi connectivity index (χ3n) is 3.54. The molecular weight excluding hydrogens is 312 g/mol. The largest absolute Gasteiger partial charge is 0.388 e. The van der Waals surface area contributed by atoms with Gasteiger partial charge in [-0.25, -0.2) is 0 Å². The highest BCUT2D eigenvalue weighted by atomic mass is 32.2. The molecule has 0 saturated heterocycles. The van der Waals surface area contributed by atoms with Crippen molar-refractivity contribution in [3.05, 3.63) is 0 Å².